The molecule has 0 heterocycles. The van der Waals surface area contributed by atoms with Crippen molar-refractivity contribution in [3.63, 3.8) is 0 Å². The van der Waals surface area contributed by atoms with E-state index in [-0.39, 0.29) is 0 Å². The fourth-order valence-corrected chi connectivity index (χ4v) is 2.12. The highest BCUT2D eigenvalue weighted by atomic mass is 79.9. The molecule has 1 atom stereocenters. The normalized spacial score (nSPS) is 11.8. The van der Waals surface area contributed by atoms with Crippen LogP contribution in [0.15, 0.2) is 54.0 Å². The van der Waals surface area contributed by atoms with E-state index in [0.717, 1.165) is 23.1 Å². The molecular weight excluding hydrogens is 288 g/mol. The maximum Gasteiger partial charge on any atom is 0.133 e. The monoisotopic (exact) mass is 308 g/mol. The van der Waals surface area contributed by atoms with Crippen LogP contribution in [0.2, 0.25) is 0 Å². The van der Waals surface area contributed by atoms with E-state index in [4.69, 9.17) is 4.74 Å². The Bertz CT molecular complexity index is 373. The van der Waals surface area contributed by atoms with Crippen LogP contribution in [0.5, 0.6) is 5.75 Å². The summed E-state index contributed by atoms with van der Waals surface area (Å²) in [5, 5.41) is 0. The Morgan fingerprint density at radius 3 is 2.67 bits per heavy atom. The predicted octanol–water partition coefficient (Wildman–Crippen LogP) is 5.38. The number of para-hydroxylation sites is 1. The van der Waals surface area contributed by atoms with Crippen molar-refractivity contribution in [1.29, 1.82) is 0 Å². The Balaban J connectivity index is 2.33. The van der Waals surface area contributed by atoms with E-state index in [1.165, 1.54) is 12.8 Å². The first-order chi connectivity index (χ1) is 8.77. The van der Waals surface area contributed by atoms with E-state index < -0.39 is 0 Å². The van der Waals surface area contributed by atoms with Gasteiger partial charge in [0, 0.05) is 5.92 Å². The molecule has 0 N–H and O–H groups in total. The summed E-state index contributed by atoms with van der Waals surface area (Å²) >= 11 is 3.48. The quantitative estimate of drug-likeness (QED) is 0.440. The highest BCUT2D eigenvalue weighted by Gasteiger charge is 2.06. The molecule has 0 aromatic heterocycles. The minimum atomic E-state index is 0.418. The summed E-state index contributed by atoms with van der Waals surface area (Å²) in [7, 11) is 0. The van der Waals surface area contributed by atoms with E-state index in [1.54, 1.807) is 0 Å². The fourth-order valence-electron chi connectivity index (χ4n) is 1.72. The van der Waals surface area contributed by atoms with Crippen molar-refractivity contribution in [3.8, 4) is 5.75 Å². The molecule has 1 nitrogen and oxygen atoms in total. The molecule has 98 valence electrons. The second kappa shape index (κ2) is 8.98. The third kappa shape index (κ3) is 5.54. The third-order valence-electron chi connectivity index (χ3n) is 2.86. The van der Waals surface area contributed by atoms with Gasteiger partial charge in [-0.25, -0.2) is 0 Å². The topological polar surface area (TPSA) is 9.23 Å². The molecular formula is C16H21BrO. The standard InChI is InChI=1S/C16H21BrO/c1-3-5-6-7-10-14(4-2)13-18-16-12-9-8-11-15(16)17/h3-4,8-9,11-12,14H,1-2,5-7,10,13H2/t14-/m1/s1. The average Bonchev–Trinajstić information content (AvgIpc) is 2.40. The van der Waals surface area contributed by atoms with Crippen molar-refractivity contribution in [1.82, 2.24) is 0 Å². The summed E-state index contributed by atoms with van der Waals surface area (Å²) in [6, 6.07) is 7.93. The summed E-state index contributed by atoms with van der Waals surface area (Å²) in [4.78, 5) is 0. The van der Waals surface area contributed by atoms with Crippen molar-refractivity contribution >= 4 is 15.9 Å². The van der Waals surface area contributed by atoms with Gasteiger partial charge in [-0.3, -0.25) is 0 Å². The zero-order valence-electron chi connectivity index (χ0n) is 10.8. The Labute approximate surface area is 119 Å². The van der Waals surface area contributed by atoms with Gasteiger partial charge in [0.1, 0.15) is 5.75 Å². The lowest BCUT2D eigenvalue weighted by molar-refractivity contribution is 0.264. The molecule has 1 aromatic rings. The van der Waals surface area contributed by atoms with Crippen molar-refractivity contribution < 1.29 is 4.74 Å². The van der Waals surface area contributed by atoms with Crippen LogP contribution >= 0.6 is 15.9 Å². The van der Waals surface area contributed by atoms with Crippen molar-refractivity contribution in [2.24, 2.45) is 5.92 Å². The van der Waals surface area contributed by atoms with Crippen LogP contribution in [0.1, 0.15) is 25.7 Å². The van der Waals surface area contributed by atoms with Gasteiger partial charge in [0.15, 0.2) is 0 Å². The fraction of sp³-hybridized carbons (Fsp3) is 0.375. The molecule has 1 aromatic carbocycles. The largest absolute Gasteiger partial charge is 0.492 e. The Morgan fingerprint density at radius 2 is 2.00 bits per heavy atom. The lowest BCUT2D eigenvalue weighted by atomic mass is 10.0. The van der Waals surface area contributed by atoms with E-state index in [0.29, 0.717) is 12.5 Å². The van der Waals surface area contributed by atoms with Crippen LogP contribution in [0.4, 0.5) is 0 Å². The first kappa shape index (κ1) is 15.0. The molecule has 0 fully saturated rings. The predicted molar refractivity (Wildman–Crippen MR) is 82.0 cm³/mol. The molecule has 0 saturated carbocycles. The van der Waals surface area contributed by atoms with Gasteiger partial charge in [-0.1, -0.05) is 30.7 Å². The Kier molecular flexibility index (Phi) is 7.51. The summed E-state index contributed by atoms with van der Waals surface area (Å²) in [6.45, 7) is 8.31. The van der Waals surface area contributed by atoms with Crippen LogP contribution in [-0.2, 0) is 0 Å². The second-order valence-electron chi connectivity index (χ2n) is 4.31. The molecule has 2 heteroatoms. The van der Waals surface area contributed by atoms with Gasteiger partial charge in [0.25, 0.3) is 0 Å². The van der Waals surface area contributed by atoms with Gasteiger partial charge in [0.2, 0.25) is 0 Å². The van der Waals surface area contributed by atoms with E-state index in [1.807, 2.05) is 36.4 Å². The van der Waals surface area contributed by atoms with Crippen LogP contribution in [0.3, 0.4) is 0 Å². The van der Waals surface area contributed by atoms with E-state index >= 15 is 0 Å². The zero-order valence-corrected chi connectivity index (χ0v) is 12.4. The molecule has 0 unspecified atom stereocenters. The molecule has 0 spiro atoms. The molecule has 0 radical (unpaired) electrons. The lowest BCUT2D eigenvalue weighted by Gasteiger charge is -2.14. The number of rotatable bonds is 9. The van der Waals surface area contributed by atoms with Crippen LogP contribution in [0, 0.1) is 5.92 Å². The van der Waals surface area contributed by atoms with Gasteiger partial charge < -0.3 is 4.74 Å². The summed E-state index contributed by atoms with van der Waals surface area (Å²) in [5.74, 6) is 1.32. The van der Waals surface area contributed by atoms with Crippen LogP contribution < -0.4 is 4.74 Å². The highest BCUT2D eigenvalue weighted by molar-refractivity contribution is 9.10. The van der Waals surface area contributed by atoms with Gasteiger partial charge >= 0.3 is 0 Å². The molecule has 0 saturated heterocycles. The average molecular weight is 309 g/mol. The number of allylic oxidation sites excluding steroid dienone is 1. The summed E-state index contributed by atoms with van der Waals surface area (Å²) < 4.78 is 6.81. The number of hydrogen-bond donors (Lipinski definition) is 0. The van der Waals surface area contributed by atoms with Gasteiger partial charge in [-0.05, 0) is 47.3 Å². The highest BCUT2D eigenvalue weighted by Crippen LogP contribution is 2.25. The van der Waals surface area contributed by atoms with E-state index in [2.05, 4.69) is 29.1 Å². The molecule has 1 rings (SSSR count). The molecule has 0 bridgehead atoms. The van der Waals surface area contributed by atoms with Gasteiger partial charge in [-0.15, -0.1) is 13.2 Å². The number of halogens is 1. The first-order valence-corrected chi connectivity index (χ1v) is 7.18. The third-order valence-corrected chi connectivity index (χ3v) is 3.51. The van der Waals surface area contributed by atoms with Crippen LogP contribution in [-0.4, -0.2) is 6.61 Å². The molecule has 0 aliphatic rings. The van der Waals surface area contributed by atoms with Gasteiger partial charge in [-0.2, -0.15) is 0 Å². The minimum Gasteiger partial charge on any atom is -0.492 e. The van der Waals surface area contributed by atoms with Crippen LogP contribution in [0.25, 0.3) is 0 Å². The molecule has 18 heavy (non-hydrogen) atoms. The minimum absolute atomic E-state index is 0.418. The summed E-state index contributed by atoms with van der Waals surface area (Å²) in [6.07, 6.45) is 8.58. The number of benzene rings is 1. The zero-order chi connectivity index (χ0) is 13.2. The maximum absolute atomic E-state index is 5.81. The second-order valence-corrected chi connectivity index (χ2v) is 5.16. The molecule has 0 aliphatic heterocycles. The smallest absolute Gasteiger partial charge is 0.133 e. The number of hydrogen-bond acceptors (Lipinski definition) is 1. The maximum atomic E-state index is 5.81. The lowest BCUT2D eigenvalue weighted by Crippen LogP contribution is -2.09. The Hall–Kier alpha value is -1.02. The Morgan fingerprint density at radius 1 is 1.22 bits per heavy atom. The SMILES string of the molecule is C=CCCCC[C@@H](C=C)COc1ccccc1Br. The molecule has 0 amide bonds. The molecule has 0 aliphatic carbocycles. The van der Waals surface area contributed by atoms with E-state index in [9.17, 15) is 0 Å². The van der Waals surface area contributed by atoms with Crippen molar-refractivity contribution in [2.45, 2.75) is 25.7 Å². The first-order valence-electron chi connectivity index (χ1n) is 6.38. The van der Waals surface area contributed by atoms with Crippen molar-refractivity contribution in [3.05, 3.63) is 54.0 Å². The number of unbranched alkanes of at least 4 members (excludes halogenated alkanes) is 2. The van der Waals surface area contributed by atoms with Crippen molar-refractivity contribution in [2.75, 3.05) is 6.61 Å². The number of ether oxygens (including phenoxy) is 1. The summed E-state index contributed by atoms with van der Waals surface area (Å²) in [5.41, 5.74) is 0. The van der Waals surface area contributed by atoms with Gasteiger partial charge in [0.05, 0.1) is 11.1 Å².